The van der Waals surface area contributed by atoms with E-state index in [2.05, 4.69) is 69.2 Å². The predicted octanol–water partition coefficient (Wildman–Crippen LogP) is 5.93. The molecule has 4 nitrogen and oxygen atoms in total. The number of hydrogen-bond donors (Lipinski definition) is 1. The number of benzene rings is 2. The van der Waals surface area contributed by atoms with E-state index >= 15 is 0 Å². The Labute approximate surface area is 207 Å². The summed E-state index contributed by atoms with van der Waals surface area (Å²) in [6.07, 6.45) is 2.63. The molecule has 1 aliphatic heterocycles. The van der Waals surface area contributed by atoms with Crippen LogP contribution in [0, 0.1) is 0 Å². The fraction of sp³-hybridized carbons (Fsp3) is 0.500. The van der Waals surface area contributed by atoms with Crippen molar-refractivity contribution in [3.05, 3.63) is 58.6 Å². The third kappa shape index (κ3) is 8.82. The Bertz CT molecular complexity index is 781. The molecule has 0 aliphatic carbocycles. The Morgan fingerprint density at radius 3 is 2.32 bits per heavy atom. The molecule has 0 aromatic heterocycles. The summed E-state index contributed by atoms with van der Waals surface area (Å²) in [6.45, 7) is 7.73. The zero-order valence-corrected chi connectivity index (χ0v) is 21.8. The molecule has 3 rings (SSSR count). The van der Waals surface area contributed by atoms with Gasteiger partial charge in [-0.25, -0.2) is 0 Å². The highest BCUT2D eigenvalue weighted by molar-refractivity contribution is 9.10. The van der Waals surface area contributed by atoms with Crippen LogP contribution in [0.15, 0.2) is 53.0 Å². The third-order valence-corrected chi connectivity index (χ3v) is 6.14. The van der Waals surface area contributed by atoms with Gasteiger partial charge in [0.05, 0.1) is 11.7 Å². The number of halogens is 3. The van der Waals surface area contributed by atoms with Crippen LogP contribution < -0.4 is 9.64 Å². The predicted molar refractivity (Wildman–Crippen MR) is 138 cm³/mol. The van der Waals surface area contributed by atoms with E-state index in [1.165, 1.54) is 5.56 Å². The van der Waals surface area contributed by atoms with Crippen molar-refractivity contribution in [2.24, 2.45) is 0 Å². The van der Waals surface area contributed by atoms with Crippen molar-refractivity contribution in [3.8, 4) is 5.75 Å². The van der Waals surface area contributed by atoms with E-state index in [1.54, 1.807) is 0 Å². The molecule has 174 valence electrons. The zero-order chi connectivity index (χ0) is 20.9. The average molecular weight is 534 g/mol. The van der Waals surface area contributed by atoms with Crippen LogP contribution in [0.1, 0.15) is 38.7 Å². The molecule has 0 amide bonds. The molecule has 0 bridgehead atoms. The number of hydrogen-bond acceptors (Lipinski definition) is 4. The van der Waals surface area contributed by atoms with Gasteiger partial charge >= 0.3 is 0 Å². The number of rotatable bonds is 8. The molecule has 2 aromatic rings. The van der Waals surface area contributed by atoms with Crippen LogP contribution in [-0.2, 0) is 6.54 Å². The van der Waals surface area contributed by atoms with E-state index in [-0.39, 0.29) is 30.9 Å². The molecule has 1 N–H and O–H groups in total. The van der Waals surface area contributed by atoms with Crippen molar-refractivity contribution in [3.63, 3.8) is 0 Å². The van der Waals surface area contributed by atoms with Crippen LogP contribution in [-0.4, -0.2) is 48.4 Å². The highest BCUT2D eigenvalue weighted by atomic mass is 79.9. The second kappa shape index (κ2) is 12.9. The summed E-state index contributed by atoms with van der Waals surface area (Å²) in [6, 6.07) is 16.7. The summed E-state index contributed by atoms with van der Waals surface area (Å²) in [5.74, 6) is 0.897. The molecule has 7 heteroatoms. The monoisotopic (exact) mass is 532 g/mol. The van der Waals surface area contributed by atoms with Crippen LogP contribution >= 0.6 is 40.7 Å². The van der Waals surface area contributed by atoms with Gasteiger partial charge in [-0.2, -0.15) is 0 Å². The first-order valence-corrected chi connectivity index (χ1v) is 11.3. The van der Waals surface area contributed by atoms with Crippen molar-refractivity contribution < 1.29 is 9.84 Å². The third-order valence-electron chi connectivity index (χ3n) is 5.64. The summed E-state index contributed by atoms with van der Waals surface area (Å²) >= 11 is 3.54. The Morgan fingerprint density at radius 2 is 1.74 bits per heavy atom. The minimum atomic E-state index is -0.567. The molecule has 31 heavy (non-hydrogen) atoms. The van der Waals surface area contributed by atoms with Crippen molar-refractivity contribution in [1.82, 2.24) is 4.90 Å². The quantitative estimate of drug-likeness (QED) is 0.456. The number of likely N-dealkylation sites (tertiary alicyclic amines) is 1. The van der Waals surface area contributed by atoms with Crippen LogP contribution in [0.25, 0.3) is 0 Å². The number of ether oxygens (including phenoxy) is 1. The highest BCUT2D eigenvalue weighted by Gasteiger charge is 2.32. The number of nitrogens with zero attached hydrogens (tertiary/aromatic N) is 2. The van der Waals surface area contributed by atoms with Gasteiger partial charge in [-0.05, 0) is 75.1 Å². The maximum atomic E-state index is 11.1. The van der Waals surface area contributed by atoms with E-state index in [0.29, 0.717) is 0 Å². The van der Waals surface area contributed by atoms with Gasteiger partial charge in [0.1, 0.15) is 5.75 Å². The second-order valence-corrected chi connectivity index (χ2v) is 9.38. The van der Waals surface area contributed by atoms with Crippen molar-refractivity contribution in [1.29, 1.82) is 0 Å². The lowest BCUT2D eigenvalue weighted by atomic mass is 9.88. The fourth-order valence-electron chi connectivity index (χ4n) is 3.83. The second-order valence-electron chi connectivity index (χ2n) is 8.46. The molecule has 0 radical (unpaired) electrons. The topological polar surface area (TPSA) is 35.9 Å². The van der Waals surface area contributed by atoms with Gasteiger partial charge in [-0.3, -0.25) is 4.90 Å². The molecule has 1 heterocycles. The van der Waals surface area contributed by atoms with Gasteiger partial charge < -0.3 is 14.7 Å². The van der Waals surface area contributed by atoms with Crippen molar-refractivity contribution in [2.75, 3.05) is 31.6 Å². The summed E-state index contributed by atoms with van der Waals surface area (Å²) in [5, 5.41) is 11.1. The Kier molecular flexibility index (Phi) is 11.7. The Balaban J connectivity index is 0.00000240. The lowest BCUT2D eigenvalue weighted by Crippen LogP contribution is -2.45. The summed E-state index contributed by atoms with van der Waals surface area (Å²) in [7, 11) is 2.09. The van der Waals surface area contributed by atoms with E-state index in [9.17, 15) is 5.11 Å². The Hall–Kier alpha value is -0.980. The fourth-order valence-corrected chi connectivity index (χ4v) is 4.27. The van der Waals surface area contributed by atoms with Gasteiger partial charge in [-0.1, -0.05) is 28.1 Å². The summed E-state index contributed by atoms with van der Waals surface area (Å²) in [4.78, 5) is 4.65. The molecule has 1 saturated heterocycles. The lowest BCUT2D eigenvalue weighted by molar-refractivity contribution is -0.0275. The largest absolute Gasteiger partial charge is 0.491 e. The maximum Gasteiger partial charge on any atom is 0.119 e. The smallest absolute Gasteiger partial charge is 0.119 e. The van der Waals surface area contributed by atoms with Crippen LogP contribution in [0.4, 0.5) is 5.69 Å². The minimum absolute atomic E-state index is 0. The molecule has 0 unspecified atom stereocenters. The van der Waals surface area contributed by atoms with Gasteiger partial charge in [0.25, 0.3) is 0 Å². The van der Waals surface area contributed by atoms with Gasteiger partial charge in [-0.15, -0.1) is 24.8 Å². The van der Waals surface area contributed by atoms with Crippen LogP contribution in [0.5, 0.6) is 5.75 Å². The normalized spacial score (nSPS) is 15.7. The maximum absolute atomic E-state index is 11.1. The summed E-state index contributed by atoms with van der Waals surface area (Å²) < 4.78 is 6.83. The lowest BCUT2D eigenvalue weighted by Gasteiger charge is -2.39. The zero-order valence-electron chi connectivity index (χ0n) is 18.6. The van der Waals surface area contributed by atoms with Crippen molar-refractivity contribution in [2.45, 2.75) is 51.4 Å². The Morgan fingerprint density at radius 1 is 1.10 bits per heavy atom. The minimum Gasteiger partial charge on any atom is -0.491 e. The molecule has 2 aromatic carbocycles. The SMILES string of the molecule is CC(C)Oc1ccc(N(C)CCC2(O)CCN(Cc3cccc(Br)c3)CC2)cc1.Cl.Cl. The first-order chi connectivity index (χ1) is 13.8. The van der Waals surface area contributed by atoms with Crippen molar-refractivity contribution >= 4 is 46.4 Å². The molecule has 0 spiro atoms. The van der Waals surface area contributed by atoms with Gasteiger partial charge in [0, 0.05) is 43.4 Å². The standard InChI is InChI=1S/C24H33BrN2O2.2ClH/c1-19(2)29-23-9-7-22(8-10-23)26(3)14-11-24(28)12-15-27(16-13-24)18-20-5-4-6-21(25)17-20;;/h4-10,17,19,28H,11-16,18H2,1-3H3;2*1H. The molecular formula is C24H35BrCl2N2O2. The van der Waals surface area contributed by atoms with Gasteiger partial charge in [0.15, 0.2) is 0 Å². The molecule has 1 fully saturated rings. The van der Waals surface area contributed by atoms with Gasteiger partial charge in [0.2, 0.25) is 0 Å². The van der Waals surface area contributed by atoms with Crippen LogP contribution in [0.3, 0.4) is 0 Å². The molecular weight excluding hydrogens is 499 g/mol. The molecule has 0 atom stereocenters. The van der Waals surface area contributed by atoms with E-state index < -0.39 is 5.60 Å². The first-order valence-electron chi connectivity index (χ1n) is 10.5. The summed E-state index contributed by atoms with van der Waals surface area (Å²) in [5.41, 5.74) is 1.90. The first kappa shape index (κ1) is 28.1. The van der Waals surface area contributed by atoms with E-state index in [0.717, 1.165) is 61.4 Å². The molecule has 1 aliphatic rings. The van der Waals surface area contributed by atoms with E-state index in [1.807, 2.05) is 26.0 Å². The average Bonchev–Trinajstić information content (AvgIpc) is 2.68. The van der Waals surface area contributed by atoms with Crippen LogP contribution in [0.2, 0.25) is 0 Å². The number of aliphatic hydroxyl groups is 1. The number of piperidine rings is 1. The van der Waals surface area contributed by atoms with E-state index in [4.69, 9.17) is 4.74 Å². The number of anilines is 1. The molecule has 0 saturated carbocycles. The highest BCUT2D eigenvalue weighted by Crippen LogP contribution is 2.28.